The van der Waals surface area contributed by atoms with Crippen LogP contribution in [0.2, 0.25) is 0 Å². The van der Waals surface area contributed by atoms with E-state index in [-0.39, 0.29) is 21.0 Å². The van der Waals surface area contributed by atoms with Gasteiger partial charge in [0, 0.05) is 16.1 Å². The molecule has 31 heavy (non-hydrogen) atoms. The highest BCUT2D eigenvalue weighted by molar-refractivity contribution is 9.10. The predicted molar refractivity (Wildman–Crippen MR) is 110 cm³/mol. The molecule has 0 spiro atoms. The number of carbonyl (C=O) groups excluding carboxylic acids is 1. The maximum atomic E-state index is 13.9. The van der Waals surface area contributed by atoms with Crippen LogP contribution in [0.1, 0.15) is 12.6 Å². The quantitative estimate of drug-likeness (QED) is 0.244. The molecular weight excluding hydrogens is 505 g/mol. The van der Waals surface area contributed by atoms with Crippen LogP contribution < -0.4 is 5.32 Å². The van der Waals surface area contributed by atoms with E-state index in [2.05, 4.69) is 31.2 Å². The van der Waals surface area contributed by atoms with Crippen LogP contribution in [-0.2, 0) is 11.0 Å². The van der Waals surface area contributed by atoms with Crippen molar-refractivity contribution in [2.75, 3.05) is 5.32 Å². The number of nitrogens with zero attached hydrogens (tertiary/aromatic N) is 2. The van der Waals surface area contributed by atoms with Gasteiger partial charge in [-0.3, -0.25) is 4.79 Å². The van der Waals surface area contributed by atoms with E-state index in [0.29, 0.717) is 23.4 Å². The fourth-order valence-corrected chi connectivity index (χ4v) is 3.77. The van der Waals surface area contributed by atoms with E-state index in [1.807, 2.05) is 0 Å². The average molecular weight is 518 g/mol. The first kappa shape index (κ1) is 23.1. The van der Waals surface area contributed by atoms with Crippen molar-refractivity contribution in [1.29, 1.82) is 0 Å². The number of halogens is 6. The first-order valence-electron chi connectivity index (χ1n) is 8.68. The van der Waals surface area contributed by atoms with Gasteiger partial charge in [-0.05, 0) is 35.0 Å². The molecule has 0 unspecified atom stereocenters. The lowest BCUT2D eigenvalue weighted by Gasteiger charge is -2.15. The number of anilines is 1. The van der Waals surface area contributed by atoms with Crippen molar-refractivity contribution in [2.45, 2.75) is 23.5 Å². The Labute approximate surface area is 186 Å². The van der Waals surface area contributed by atoms with Crippen molar-refractivity contribution in [1.82, 2.24) is 9.97 Å². The van der Waals surface area contributed by atoms with E-state index in [4.69, 9.17) is 0 Å². The van der Waals surface area contributed by atoms with E-state index in [0.717, 1.165) is 12.1 Å². The van der Waals surface area contributed by atoms with Gasteiger partial charge in [0.15, 0.2) is 11.0 Å². The molecular formula is C20H13BrF5N3OS. The number of rotatable bonds is 5. The summed E-state index contributed by atoms with van der Waals surface area (Å²) in [6.07, 6.45) is -4.71. The summed E-state index contributed by atoms with van der Waals surface area (Å²) in [5.41, 5.74) is -0.936. The number of hydrogen-bond acceptors (Lipinski definition) is 4. The highest BCUT2D eigenvalue weighted by Crippen LogP contribution is 2.33. The van der Waals surface area contributed by atoms with Crippen molar-refractivity contribution in [3.8, 4) is 11.3 Å². The largest absolute Gasteiger partial charge is 0.433 e. The van der Waals surface area contributed by atoms with Gasteiger partial charge in [0.1, 0.15) is 11.5 Å². The third kappa shape index (κ3) is 5.79. The Hall–Kier alpha value is -2.53. The number of nitrogens with one attached hydrogen (secondary N) is 1. The molecule has 1 aromatic heterocycles. The first-order chi connectivity index (χ1) is 14.5. The van der Waals surface area contributed by atoms with Gasteiger partial charge in [-0.25, -0.2) is 18.7 Å². The summed E-state index contributed by atoms with van der Waals surface area (Å²) in [5.74, 6) is -2.56. The summed E-state index contributed by atoms with van der Waals surface area (Å²) in [5, 5.41) is 1.04. The van der Waals surface area contributed by atoms with Gasteiger partial charge >= 0.3 is 6.18 Å². The summed E-state index contributed by atoms with van der Waals surface area (Å²) >= 11 is 3.64. The van der Waals surface area contributed by atoms with Crippen LogP contribution >= 0.6 is 27.7 Å². The lowest BCUT2D eigenvalue weighted by Crippen LogP contribution is -2.24. The van der Waals surface area contributed by atoms with Gasteiger partial charge in [0.05, 0.1) is 16.6 Å². The van der Waals surface area contributed by atoms with Crippen molar-refractivity contribution in [3.63, 3.8) is 0 Å². The van der Waals surface area contributed by atoms with Crippen molar-refractivity contribution < 1.29 is 26.7 Å². The molecule has 0 radical (unpaired) electrons. The Morgan fingerprint density at radius 1 is 1.10 bits per heavy atom. The molecule has 2 aromatic carbocycles. The molecule has 1 heterocycles. The summed E-state index contributed by atoms with van der Waals surface area (Å²) in [7, 11) is 0. The summed E-state index contributed by atoms with van der Waals surface area (Å²) in [6, 6.07) is 10.6. The maximum absolute atomic E-state index is 13.9. The summed E-state index contributed by atoms with van der Waals surface area (Å²) in [6.45, 7) is 1.40. The first-order valence-corrected chi connectivity index (χ1v) is 10.4. The Kier molecular flexibility index (Phi) is 6.95. The van der Waals surface area contributed by atoms with Crippen molar-refractivity contribution in [2.24, 2.45) is 0 Å². The van der Waals surface area contributed by atoms with Gasteiger partial charge in [0.25, 0.3) is 0 Å². The number of benzene rings is 2. The smallest absolute Gasteiger partial charge is 0.322 e. The zero-order valence-corrected chi connectivity index (χ0v) is 18.1. The third-order valence-electron chi connectivity index (χ3n) is 3.97. The molecule has 0 aliphatic heterocycles. The van der Waals surface area contributed by atoms with Crippen LogP contribution in [0.15, 0.2) is 58.2 Å². The van der Waals surface area contributed by atoms with Crippen LogP contribution in [0.3, 0.4) is 0 Å². The lowest BCUT2D eigenvalue weighted by molar-refractivity contribution is -0.141. The molecule has 11 heteroatoms. The minimum absolute atomic E-state index is 0.0165. The van der Waals surface area contributed by atoms with Crippen LogP contribution in [0, 0.1) is 11.6 Å². The molecule has 0 bridgehead atoms. The van der Waals surface area contributed by atoms with Crippen LogP contribution in [0.25, 0.3) is 11.3 Å². The highest BCUT2D eigenvalue weighted by atomic mass is 79.9. The standard InChI is InChI=1S/C20H13BrF5N3OS/c1-10(18(30)29-17-13(21)7-12(22)8-14(17)23)31-19-27-15(11-5-3-2-4-6-11)9-16(28-19)20(24,25)26/h2-10H,1H3,(H,29,30)/t10-/m0/s1. The van der Waals surface area contributed by atoms with Gasteiger partial charge in [-0.1, -0.05) is 42.1 Å². The van der Waals surface area contributed by atoms with Gasteiger partial charge in [-0.2, -0.15) is 13.2 Å². The van der Waals surface area contributed by atoms with Gasteiger partial charge < -0.3 is 5.32 Å². The second-order valence-corrected chi connectivity index (χ2v) is 8.44. The number of alkyl halides is 3. The summed E-state index contributed by atoms with van der Waals surface area (Å²) < 4.78 is 67.1. The fraction of sp³-hybridized carbons (Fsp3) is 0.150. The van der Waals surface area contributed by atoms with Gasteiger partial charge in [0.2, 0.25) is 5.91 Å². The SMILES string of the molecule is C[C@H](Sc1nc(-c2ccccc2)cc(C(F)(F)F)n1)C(=O)Nc1c(F)cc(F)cc1Br. The molecule has 4 nitrogen and oxygen atoms in total. The number of carbonyl (C=O) groups is 1. The van der Waals surface area contributed by atoms with Crippen molar-refractivity contribution >= 4 is 39.3 Å². The molecule has 0 saturated carbocycles. The molecule has 0 fully saturated rings. The van der Waals surface area contributed by atoms with Crippen LogP contribution in [-0.4, -0.2) is 21.1 Å². The summed E-state index contributed by atoms with van der Waals surface area (Å²) in [4.78, 5) is 20.1. The van der Waals surface area contributed by atoms with Crippen LogP contribution in [0.5, 0.6) is 0 Å². The molecule has 0 aliphatic carbocycles. The molecule has 3 aromatic rings. The highest BCUT2D eigenvalue weighted by Gasteiger charge is 2.34. The zero-order chi connectivity index (χ0) is 22.8. The third-order valence-corrected chi connectivity index (χ3v) is 5.56. The Morgan fingerprint density at radius 2 is 1.77 bits per heavy atom. The van der Waals surface area contributed by atoms with Gasteiger partial charge in [-0.15, -0.1) is 0 Å². The number of amides is 1. The van der Waals surface area contributed by atoms with Crippen molar-refractivity contribution in [3.05, 3.63) is 70.3 Å². The number of hydrogen-bond donors (Lipinski definition) is 1. The Morgan fingerprint density at radius 3 is 2.39 bits per heavy atom. The minimum atomic E-state index is -4.71. The molecule has 0 aliphatic rings. The fourth-order valence-electron chi connectivity index (χ4n) is 2.48. The Bertz CT molecular complexity index is 1090. The molecule has 162 valence electrons. The number of aromatic nitrogens is 2. The van der Waals surface area contributed by atoms with Crippen LogP contribution in [0.4, 0.5) is 27.6 Å². The monoisotopic (exact) mass is 517 g/mol. The Balaban J connectivity index is 1.86. The number of thioether (sulfide) groups is 1. The molecule has 1 N–H and O–H groups in total. The molecule has 3 rings (SSSR count). The lowest BCUT2D eigenvalue weighted by atomic mass is 10.1. The topological polar surface area (TPSA) is 54.9 Å². The predicted octanol–water partition coefficient (Wildman–Crippen LogP) is 6.32. The minimum Gasteiger partial charge on any atom is -0.322 e. The van der Waals surface area contributed by atoms with E-state index >= 15 is 0 Å². The van der Waals surface area contributed by atoms with E-state index < -0.39 is 34.7 Å². The second kappa shape index (κ2) is 9.31. The molecule has 1 amide bonds. The van der Waals surface area contributed by atoms with E-state index in [1.165, 1.54) is 6.92 Å². The zero-order valence-electron chi connectivity index (χ0n) is 15.7. The average Bonchev–Trinajstić information content (AvgIpc) is 2.70. The molecule has 0 saturated heterocycles. The maximum Gasteiger partial charge on any atom is 0.433 e. The normalized spacial score (nSPS) is 12.5. The van der Waals surface area contributed by atoms with E-state index in [9.17, 15) is 26.7 Å². The molecule has 1 atom stereocenters. The second-order valence-electron chi connectivity index (χ2n) is 6.28. The van der Waals surface area contributed by atoms with E-state index in [1.54, 1.807) is 30.3 Å².